The van der Waals surface area contributed by atoms with Crippen molar-refractivity contribution in [2.24, 2.45) is 0 Å². The van der Waals surface area contributed by atoms with E-state index in [1.165, 1.54) is 31.4 Å². The summed E-state index contributed by atoms with van der Waals surface area (Å²) in [6.07, 6.45) is -8.66. The first-order valence-corrected chi connectivity index (χ1v) is 11.1. The van der Waals surface area contributed by atoms with Gasteiger partial charge in [-0.1, -0.05) is 18.2 Å². The van der Waals surface area contributed by atoms with Gasteiger partial charge >= 0.3 is 12.4 Å². The smallest absolute Gasteiger partial charge is 0.334 e. The lowest BCUT2D eigenvalue weighted by Gasteiger charge is -2.40. The van der Waals surface area contributed by atoms with Crippen LogP contribution in [0, 0.1) is 13.8 Å². The molecule has 0 saturated heterocycles. The first kappa shape index (κ1) is 26.2. The number of anilines is 1. The third kappa shape index (κ3) is 5.03. The molecule has 1 aliphatic heterocycles. The number of pyridine rings is 1. The van der Waals surface area contributed by atoms with Crippen molar-refractivity contribution < 1.29 is 35.9 Å². The Morgan fingerprint density at radius 2 is 1.51 bits per heavy atom. The summed E-state index contributed by atoms with van der Waals surface area (Å²) in [6, 6.07) is 7.24. The van der Waals surface area contributed by atoms with Crippen molar-refractivity contribution in [3.63, 3.8) is 0 Å². The van der Waals surface area contributed by atoms with Crippen LogP contribution >= 0.6 is 0 Å². The van der Waals surface area contributed by atoms with E-state index in [2.05, 4.69) is 10.3 Å². The fourth-order valence-corrected chi connectivity index (χ4v) is 4.42. The molecule has 37 heavy (non-hydrogen) atoms. The third-order valence-electron chi connectivity index (χ3n) is 6.44. The van der Waals surface area contributed by atoms with Crippen molar-refractivity contribution in [3.8, 4) is 0 Å². The summed E-state index contributed by atoms with van der Waals surface area (Å²) in [5.41, 5.74) is -1.57. The zero-order valence-electron chi connectivity index (χ0n) is 19.8. The molecule has 2 unspecified atom stereocenters. The average molecular weight is 521 g/mol. The summed E-state index contributed by atoms with van der Waals surface area (Å²) in [6.45, 7) is 3.60. The minimum atomic E-state index is -5.09. The van der Waals surface area contributed by atoms with E-state index in [1.54, 1.807) is 19.1 Å². The molecule has 1 aliphatic rings. The van der Waals surface area contributed by atoms with Crippen LogP contribution in [0.25, 0.3) is 0 Å². The largest absolute Gasteiger partial charge is 0.416 e. The normalized spacial score (nSPS) is 18.0. The lowest BCUT2D eigenvalue weighted by Crippen LogP contribution is -2.44. The van der Waals surface area contributed by atoms with Crippen LogP contribution in [0.5, 0.6) is 0 Å². The predicted molar refractivity (Wildman–Crippen MR) is 123 cm³/mol. The topological polar surface area (TPSA) is 62.3 Å². The van der Waals surface area contributed by atoms with Crippen LogP contribution in [0.15, 0.2) is 54.7 Å². The highest BCUT2D eigenvalue weighted by molar-refractivity contribution is 6.04. The molecular weight excluding hydrogens is 500 g/mol. The van der Waals surface area contributed by atoms with Gasteiger partial charge in [0.1, 0.15) is 5.82 Å². The van der Waals surface area contributed by atoms with E-state index in [4.69, 9.17) is 0 Å². The van der Waals surface area contributed by atoms with Gasteiger partial charge in [0, 0.05) is 18.8 Å². The van der Waals surface area contributed by atoms with Gasteiger partial charge in [-0.3, -0.25) is 9.59 Å². The molecule has 11 heteroatoms. The van der Waals surface area contributed by atoms with E-state index in [0.29, 0.717) is 12.1 Å². The number of nitrogens with zero attached hydrogens (tertiary/aromatic N) is 2. The number of carbonyl (C=O) groups excluding carboxylic acids is 2. The molecule has 194 valence electrons. The Kier molecular flexibility index (Phi) is 6.51. The van der Waals surface area contributed by atoms with Crippen LogP contribution in [0.2, 0.25) is 0 Å². The second kappa shape index (κ2) is 9.20. The van der Waals surface area contributed by atoms with Crippen molar-refractivity contribution >= 4 is 17.6 Å². The number of rotatable bonds is 3. The van der Waals surface area contributed by atoms with E-state index in [0.717, 1.165) is 16.0 Å². The molecule has 0 radical (unpaired) electrons. The summed E-state index contributed by atoms with van der Waals surface area (Å²) in [5.74, 6) is -2.55. The maximum Gasteiger partial charge on any atom is 0.416 e. The number of fused-ring (bicyclic) bond motifs is 1. The number of nitrogens with one attached hydrogen (secondary N) is 1. The summed E-state index contributed by atoms with van der Waals surface area (Å²) in [4.78, 5) is 31.8. The summed E-state index contributed by atoms with van der Waals surface area (Å²) in [7, 11) is 1.24. The highest BCUT2D eigenvalue weighted by Gasteiger charge is 2.45. The molecule has 2 aromatic carbocycles. The number of alkyl halides is 6. The van der Waals surface area contributed by atoms with E-state index < -0.39 is 52.8 Å². The number of aryl methyl sites for hydroxylation is 2. The minimum Gasteiger partial charge on any atom is -0.334 e. The average Bonchev–Trinajstić information content (AvgIpc) is 2.82. The van der Waals surface area contributed by atoms with Gasteiger partial charge in [-0.2, -0.15) is 26.3 Å². The third-order valence-corrected chi connectivity index (χ3v) is 6.44. The first-order valence-electron chi connectivity index (χ1n) is 11.1. The lowest BCUT2D eigenvalue weighted by atomic mass is 9.78. The number of carbonyl (C=O) groups is 2. The zero-order valence-corrected chi connectivity index (χ0v) is 19.8. The molecule has 0 aliphatic carbocycles. The fourth-order valence-electron chi connectivity index (χ4n) is 4.42. The molecule has 2 atom stereocenters. The standard InChI is InChI=1S/C26H21F6N3O2/c1-13-8-20(33-12-14(13)2)34-23(36)21-18-6-4-5-7-19(18)24(37)35(3)22(21)15-9-16(25(27,28)29)11-17(10-15)26(30,31)32/h4-12,21-22H,1-3H3,(H,33,34,36). The summed E-state index contributed by atoms with van der Waals surface area (Å²) < 4.78 is 81.6. The molecule has 0 spiro atoms. The minimum absolute atomic E-state index is 0.0101. The summed E-state index contributed by atoms with van der Waals surface area (Å²) in [5, 5.41) is 2.61. The maximum absolute atomic E-state index is 13.6. The van der Waals surface area contributed by atoms with Gasteiger partial charge in [0.2, 0.25) is 5.91 Å². The predicted octanol–water partition coefficient (Wildman–Crippen LogP) is 6.29. The first-order chi connectivity index (χ1) is 17.2. The lowest BCUT2D eigenvalue weighted by molar-refractivity contribution is -0.143. The van der Waals surface area contributed by atoms with E-state index >= 15 is 0 Å². The Bertz CT molecular complexity index is 1350. The molecule has 2 heterocycles. The van der Waals surface area contributed by atoms with Gasteiger partial charge in [-0.05, 0) is 66.4 Å². The van der Waals surface area contributed by atoms with Crippen LogP contribution in [-0.4, -0.2) is 28.7 Å². The molecule has 0 bridgehead atoms. The Morgan fingerprint density at radius 3 is 2.08 bits per heavy atom. The van der Waals surface area contributed by atoms with Gasteiger partial charge < -0.3 is 10.2 Å². The number of hydrogen-bond donors (Lipinski definition) is 1. The van der Waals surface area contributed by atoms with Crippen LogP contribution in [0.4, 0.5) is 32.2 Å². The number of hydrogen-bond acceptors (Lipinski definition) is 3. The highest BCUT2D eigenvalue weighted by Crippen LogP contribution is 2.45. The number of aromatic nitrogens is 1. The Balaban J connectivity index is 1.90. The Labute approximate surface area is 208 Å². The Hall–Kier alpha value is -3.89. The molecule has 0 fully saturated rings. The van der Waals surface area contributed by atoms with E-state index in [-0.39, 0.29) is 23.0 Å². The van der Waals surface area contributed by atoms with E-state index in [1.807, 2.05) is 6.92 Å². The molecule has 5 nitrogen and oxygen atoms in total. The SMILES string of the molecule is Cc1cnc(NC(=O)C2c3ccccc3C(=O)N(C)C2c2cc(C(F)(F)F)cc(C(F)(F)F)c2)cc1C. The van der Waals surface area contributed by atoms with Crippen molar-refractivity contribution in [2.45, 2.75) is 38.2 Å². The molecule has 0 saturated carbocycles. The number of likely N-dealkylation sites (N-methyl/N-ethyl adjacent to an activating group) is 1. The van der Waals surface area contributed by atoms with Gasteiger partial charge in [-0.25, -0.2) is 4.98 Å². The Morgan fingerprint density at radius 1 is 0.919 bits per heavy atom. The van der Waals surface area contributed by atoms with Crippen molar-refractivity contribution in [1.29, 1.82) is 0 Å². The number of halogens is 6. The van der Waals surface area contributed by atoms with Crippen LogP contribution in [0.1, 0.15) is 55.7 Å². The zero-order chi connectivity index (χ0) is 27.3. The molecule has 3 aromatic rings. The van der Waals surface area contributed by atoms with Gasteiger partial charge in [-0.15, -0.1) is 0 Å². The number of amides is 2. The van der Waals surface area contributed by atoms with Gasteiger partial charge in [0.25, 0.3) is 5.91 Å². The monoisotopic (exact) mass is 521 g/mol. The molecule has 2 amide bonds. The fraction of sp³-hybridized carbons (Fsp3) is 0.269. The molecule has 1 N–H and O–H groups in total. The van der Waals surface area contributed by atoms with Crippen LogP contribution in [0.3, 0.4) is 0 Å². The number of benzene rings is 2. The maximum atomic E-state index is 13.6. The quantitative estimate of drug-likeness (QED) is 0.413. The van der Waals surface area contributed by atoms with Gasteiger partial charge in [0.15, 0.2) is 0 Å². The summed E-state index contributed by atoms with van der Waals surface area (Å²) >= 11 is 0. The van der Waals surface area contributed by atoms with Crippen LogP contribution in [-0.2, 0) is 17.1 Å². The molecular formula is C26H21F6N3O2. The van der Waals surface area contributed by atoms with Crippen molar-refractivity contribution in [1.82, 2.24) is 9.88 Å². The van der Waals surface area contributed by atoms with E-state index in [9.17, 15) is 35.9 Å². The van der Waals surface area contributed by atoms with Gasteiger partial charge in [0.05, 0.1) is 23.1 Å². The second-order valence-corrected chi connectivity index (χ2v) is 8.91. The second-order valence-electron chi connectivity index (χ2n) is 8.91. The highest BCUT2D eigenvalue weighted by atomic mass is 19.4. The molecule has 4 rings (SSSR count). The van der Waals surface area contributed by atoms with Crippen LogP contribution < -0.4 is 5.32 Å². The molecule has 1 aromatic heterocycles. The van der Waals surface area contributed by atoms with Crippen molar-refractivity contribution in [2.75, 3.05) is 12.4 Å². The van der Waals surface area contributed by atoms with Crippen molar-refractivity contribution in [3.05, 3.63) is 93.7 Å².